The summed E-state index contributed by atoms with van der Waals surface area (Å²) >= 11 is 11.6. The lowest BCUT2D eigenvalue weighted by atomic mass is 10.1. The van der Waals surface area contributed by atoms with Crippen LogP contribution < -0.4 is 10.6 Å². The Bertz CT molecular complexity index is 3150. The topological polar surface area (TPSA) is 201 Å². The Morgan fingerprint density at radius 3 is 1.45 bits per heavy atom. The maximum atomic E-state index is 13.4. The Hall–Kier alpha value is -8.12. The van der Waals surface area contributed by atoms with Crippen LogP contribution in [0.25, 0.3) is 33.9 Å². The Morgan fingerprint density at radius 2 is 1.06 bits per heavy atom. The van der Waals surface area contributed by atoms with Crippen molar-refractivity contribution in [1.29, 1.82) is 0 Å². The zero-order chi connectivity index (χ0) is 48.2. The third-order valence-electron chi connectivity index (χ3n) is 8.84. The fraction of sp³-hybridized carbons (Fsp3) is 0.0732. The quantitative estimate of drug-likeness (QED) is 0.0863. The number of alkyl halides is 6. The normalized spacial score (nSPS) is 11.4. The minimum absolute atomic E-state index is 0.0206. The fourth-order valence-electron chi connectivity index (χ4n) is 5.74. The number of benzene rings is 2. The second-order valence-electron chi connectivity index (χ2n) is 13.3. The van der Waals surface area contributed by atoms with E-state index in [1.165, 1.54) is 80.4 Å². The minimum atomic E-state index is -4.68. The van der Waals surface area contributed by atoms with Crippen LogP contribution in [0.3, 0.4) is 0 Å². The molecule has 0 saturated carbocycles. The first kappa shape index (κ1) is 46.9. The van der Waals surface area contributed by atoms with Crippen molar-refractivity contribution < 1.29 is 54.6 Å². The number of ether oxygens (including phenoxy) is 1. The summed E-state index contributed by atoms with van der Waals surface area (Å²) in [6, 6.07) is 14.8. The Morgan fingerprint density at radius 1 is 0.627 bits per heavy atom. The van der Waals surface area contributed by atoms with Gasteiger partial charge in [-0.3, -0.25) is 0 Å². The van der Waals surface area contributed by atoms with Crippen molar-refractivity contribution in [3.63, 3.8) is 0 Å². The Labute approximate surface area is 379 Å². The van der Waals surface area contributed by atoms with Crippen molar-refractivity contribution in [3.8, 4) is 33.9 Å². The van der Waals surface area contributed by atoms with E-state index in [2.05, 4.69) is 55.5 Å². The van der Waals surface area contributed by atoms with Gasteiger partial charge in [-0.2, -0.15) is 46.5 Å². The first-order valence-electron chi connectivity index (χ1n) is 18.5. The third-order valence-corrected chi connectivity index (χ3v) is 9.42. The number of rotatable bonds is 10. The number of hydrogen-bond acceptors (Lipinski definition) is 13. The maximum absolute atomic E-state index is 13.4. The monoisotopic (exact) mass is 970 g/mol. The number of carbonyl (C=O) groups is 2. The number of anilines is 4. The van der Waals surface area contributed by atoms with E-state index in [-0.39, 0.29) is 61.7 Å². The van der Waals surface area contributed by atoms with E-state index >= 15 is 0 Å². The van der Waals surface area contributed by atoms with E-state index in [1.807, 2.05) is 0 Å². The smallest absolute Gasteiger partial charge is 0.435 e. The van der Waals surface area contributed by atoms with Gasteiger partial charge in [0.25, 0.3) is 0 Å². The van der Waals surface area contributed by atoms with Crippen LogP contribution in [-0.4, -0.2) is 73.6 Å². The van der Waals surface area contributed by atoms with Gasteiger partial charge in [-0.25, -0.2) is 47.7 Å². The molecular weight excluding hydrogens is 947 g/mol. The number of carboxylic acid groups (broad SMARTS) is 1. The van der Waals surface area contributed by atoms with Gasteiger partial charge in [0.15, 0.2) is 23.0 Å². The molecule has 6 aromatic heterocycles. The minimum Gasteiger partial charge on any atom is -0.477 e. The van der Waals surface area contributed by atoms with Crippen LogP contribution in [0.2, 0.25) is 10.0 Å². The number of aromatic nitrogens is 10. The van der Waals surface area contributed by atoms with Crippen molar-refractivity contribution in [2.24, 2.45) is 0 Å². The summed E-state index contributed by atoms with van der Waals surface area (Å²) in [5.41, 5.74) is -0.777. The summed E-state index contributed by atoms with van der Waals surface area (Å²) in [5.74, 6) is -3.41. The highest BCUT2D eigenvalue weighted by atomic mass is 35.5. The number of aromatic carboxylic acids is 1. The molecule has 0 atom stereocenters. The van der Waals surface area contributed by atoms with Gasteiger partial charge in [-0.05, 0) is 83.9 Å². The van der Waals surface area contributed by atoms with Gasteiger partial charge in [0.05, 0.1) is 17.2 Å². The molecule has 8 rings (SSSR count). The zero-order valence-corrected chi connectivity index (χ0v) is 34.8. The van der Waals surface area contributed by atoms with Crippen LogP contribution >= 0.6 is 23.2 Å². The van der Waals surface area contributed by atoms with Crippen molar-refractivity contribution in [2.45, 2.75) is 12.4 Å². The molecule has 0 amide bonds. The predicted molar refractivity (Wildman–Crippen MR) is 222 cm³/mol. The molecule has 0 saturated heterocycles. The number of nitrogens with zero attached hydrogens (tertiary/aromatic N) is 10. The van der Waals surface area contributed by atoms with Gasteiger partial charge in [0.2, 0.25) is 11.9 Å². The highest BCUT2D eigenvalue weighted by Crippen LogP contribution is 2.33. The number of methoxy groups -OCH3 is 1. The van der Waals surface area contributed by atoms with Gasteiger partial charge >= 0.3 is 24.3 Å². The molecule has 0 spiro atoms. The molecule has 0 radical (unpaired) electrons. The number of nitrogens with one attached hydrogen (secondary N) is 2. The number of carbonyl (C=O) groups excluding carboxylic acids is 1. The summed E-state index contributed by atoms with van der Waals surface area (Å²) in [7, 11) is 1.19. The molecule has 0 unspecified atom stereocenters. The molecule has 26 heteroatoms. The second kappa shape index (κ2) is 19.2. The Balaban J connectivity index is 0.000000199. The molecule has 16 nitrogen and oxygen atoms in total. The van der Waals surface area contributed by atoms with Crippen LogP contribution in [0.5, 0.6) is 0 Å². The van der Waals surface area contributed by atoms with Crippen molar-refractivity contribution in [1.82, 2.24) is 49.5 Å². The first-order chi connectivity index (χ1) is 31.8. The summed E-state index contributed by atoms with van der Waals surface area (Å²) in [4.78, 5) is 47.6. The highest BCUT2D eigenvalue weighted by molar-refractivity contribution is 6.31. The summed E-state index contributed by atoms with van der Waals surface area (Å²) in [5, 5.41) is 21.6. The highest BCUT2D eigenvalue weighted by Gasteiger charge is 2.35. The number of carboxylic acids is 1. The Kier molecular flexibility index (Phi) is 13.4. The summed E-state index contributed by atoms with van der Waals surface area (Å²) < 4.78 is 112. The van der Waals surface area contributed by atoms with Crippen LogP contribution in [0.4, 0.5) is 58.4 Å². The number of hydrogen-bond donors (Lipinski definition) is 3. The zero-order valence-electron chi connectivity index (χ0n) is 33.3. The molecule has 8 aromatic rings. The largest absolute Gasteiger partial charge is 0.477 e. The van der Waals surface area contributed by atoms with E-state index < -0.39 is 47.3 Å². The van der Waals surface area contributed by atoms with Gasteiger partial charge < -0.3 is 20.5 Å². The standard InChI is InChI=1S/C21H13ClF4N6O2.C20H11ClF4N6O2/c1-34-19(33)16-8-11(4-6-27-16)13-10-28-20(29-12-2-3-15(23)14(22)9-12)30-18(13)32-7-5-17(31-32)21(24,25)26;21-13-8-11(1-2-14(13)22)28-19-27-9-12(10-3-5-26-15(7-10)18(32)33)17(29-19)31-6-4-16(30-31)20(23,24)25/h2-10H,1H3,(H,28,29,30);1-9H,(H,32,33)(H,27,28,29). The van der Waals surface area contributed by atoms with Gasteiger partial charge in [-0.15, -0.1) is 0 Å². The molecule has 67 heavy (non-hydrogen) atoms. The molecule has 6 heterocycles. The lowest BCUT2D eigenvalue weighted by molar-refractivity contribution is -0.142. The van der Waals surface area contributed by atoms with Gasteiger partial charge in [0, 0.05) is 59.7 Å². The lowest BCUT2D eigenvalue weighted by Gasteiger charge is -2.12. The molecule has 0 aliphatic carbocycles. The molecule has 2 aromatic carbocycles. The van der Waals surface area contributed by atoms with Gasteiger partial charge in [0.1, 0.15) is 23.0 Å². The molecular formula is C41H24Cl2F8N12O4. The molecule has 0 aliphatic heterocycles. The van der Waals surface area contributed by atoms with E-state index in [0.717, 1.165) is 46.0 Å². The lowest BCUT2D eigenvalue weighted by Crippen LogP contribution is -2.10. The molecule has 3 N–H and O–H groups in total. The van der Waals surface area contributed by atoms with E-state index in [4.69, 9.17) is 23.2 Å². The number of esters is 1. The number of pyridine rings is 2. The average Bonchev–Trinajstić information content (AvgIpc) is 4.02. The van der Waals surface area contributed by atoms with E-state index in [1.54, 1.807) is 0 Å². The molecule has 0 bridgehead atoms. The van der Waals surface area contributed by atoms with Crippen LogP contribution in [0.1, 0.15) is 32.4 Å². The summed E-state index contributed by atoms with van der Waals surface area (Å²) in [6.45, 7) is 0. The van der Waals surface area contributed by atoms with Crippen molar-refractivity contribution >= 4 is 58.4 Å². The van der Waals surface area contributed by atoms with Gasteiger partial charge in [-0.1, -0.05) is 23.2 Å². The van der Waals surface area contributed by atoms with E-state index in [9.17, 15) is 49.8 Å². The average molecular weight is 972 g/mol. The fourth-order valence-corrected chi connectivity index (χ4v) is 6.11. The summed E-state index contributed by atoms with van der Waals surface area (Å²) in [6.07, 6.45) is -2.01. The third kappa shape index (κ3) is 11.1. The van der Waals surface area contributed by atoms with Crippen LogP contribution in [0.15, 0.2) is 110 Å². The predicted octanol–water partition coefficient (Wildman–Crippen LogP) is 10.0. The van der Waals surface area contributed by atoms with Crippen molar-refractivity contribution in [3.05, 3.63) is 154 Å². The SMILES string of the molecule is COC(=O)c1cc(-c2cnc(Nc3ccc(F)c(Cl)c3)nc2-n2ccc(C(F)(F)F)n2)ccn1.O=C(O)c1cc(-c2cnc(Nc3ccc(F)c(Cl)c3)nc2-n2ccc(C(F)(F)F)n2)ccn1. The molecule has 0 aliphatic rings. The number of halogens is 10. The maximum Gasteiger partial charge on any atom is 0.435 e. The molecule has 342 valence electrons. The second-order valence-corrected chi connectivity index (χ2v) is 14.1. The molecule has 0 fully saturated rings. The first-order valence-corrected chi connectivity index (χ1v) is 19.2. The van der Waals surface area contributed by atoms with E-state index in [0.29, 0.717) is 16.9 Å². The van der Waals surface area contributed by atoms with Crippen molar-refractivity contribution in [2.75, 3.05) is 17.7 Å². The van der Waals surface area contributed by atoms with Crippen LogP contribution in [0, 0.1) is 11.6 Å². The van der Waals surface area contributed by atoms with Crippen LogP contribution in [-0.2, 0) is 17.1 Å².